The minimum Gasteiger partial charge on any atom is -0.455 e. The number of esters is 1. The van der Waals surface area contributed by atoms with E-state index in [1.165, 1.54) is 4.31 Å². The molecule has 0 atom stereocenters. The van der Waals surface area contributed by atoms with Gasteiger partial charge in [-0.25, -0.2) is 21.5 Å². The second kappa shape index (κ2) is 7.87. The first-order chi connectivity index (χ1) is 11.6. The molecule has 1 saturated heterocycles. The van der Waals surface area contributed by atoms with Crippen molar-refractivity contribution in [2.24, 2.45) is 5.92 Å². The van der Waals surface area contributed by atoms with E-state index in [4.69, 9.17) is 4.74 Å². The third-order valence-corrected chi connectivity index (χ3v) is 5.05. The van der Waals surface area contributed by atoms with Crippen LogP contribution in [-0.4, -0.2) is 50.6 Å². The van der Waals surface area contributed by atoms with Crippen LogP contribution in [0.3, 0.4) is 0 Å². The molecule has 1 N–H and O–H groups in total. The Balaban J connectivity index is 1.79. The fraction of sp³-hybridized carbons (Fsp3) is 0.467. The highest BCUT2D eigenvalue weighted by Gasteiger charge is 2.30. The van der Waals surface area contributed by atoms with Crippen molar-refractivity contribution in [3.63, 3.8) is 0 Å². The largest absolute Gasteiger partial charge is 0.455 e. The number of hydrogen-bond acceptors (Lipinski definition) is 5. The third-order valence-electron chi connectivity index (χ3n) is 3.75. The molecule has 0 aliphatic carbocycles. The molecule has 0 radical (unpaired) electrons. The number of hydrogen-bond donors (Lipinski definition) is 1. The normalized spacial score (nSPS) is 16.4. The minimum absolute atomic E-state index is 0.0833. The number of benzene rings is 1. The lowest BCUT2D eigenvalue weighted by Crippen LogP contribution is -2.40. The Labute approximate surface area is 144 Å². The van der Waals surface area contributed by atoms with Gasteiger partial charge >= 0.3 is 5.97 Å². The van der Waals surface area contributed by atoms with E-state index in [1.54, 1.807) is 0 Å². The quantitative estimate of drug-likeness (QED) is 0.778. The van der Waals surface area contributed by atoms with Gasteiger partial charge in [-0.15, -0.1) is 0 Å². The number of carbonyl (C=O) groups excluding carboxylic acids is 2. The van der Waals surface area contributed by atoms with Crippen molar-refractivity contribution in [1.82, 2.24) is 4.31 Å². The van der Waals surface area contributed by atoms with Crippen LogP contribution < -0.4 is 5.32 Å². The molecule has 2 rings (SSSR count). The van der Waals surface area contributed by atoms with Gasteiger partial charge in [0.05, 0.1) is 12.2 Å². The van der Waals surface area contributed by atoms with Gasteiger partial charge in [0.15, 0.2) is 6.61 Å². The smallest absolute Gasteiger partial charge is 0.309 e. The Morgan fingerprint density at radius 1 is 1.20 bits per heavy atom. The van der Waals surface area contributed by atoms with Crippen molar-refractivity contribution in [3.8, 4) is 0 Å². The molecule has 0 spiro atoms. The summed E-state index contributed by atoms with van der Waals surface area (Å²) in [6.45, 7) is -0.163. The Morgan fingerprint density at radius 3 is 2.28 bits per heavy atom. The fourth-order valence-electron chi connectivity index (χ4n) is 2.50. The van der Waals surface area contributed by atoms with Gasteiger partial charge in [-0.2, -0.15) is 0 Å². The maximum absolute atomic E-state index is 13.0. The zero-order valence-electron chi connectivity index (χ0n) is 13.5. The number of amides is 1. The highest BCUT2D eigenvalue weighted by molar-refractivity contribution is 7.88. The first-order valence-corrected chi connectivity index (χ1v) is 9.37. The van der Waals surface area contributed by atoms with Crippen molar-refractivity contribution < 1.29 is 31.5 Å². The second-order valence-corrected chi connectivity index (χ2v) is 7.73. The minimum atomic E-state index is -3.29. The van der Waals surface area contributed by atoms with E-state index in [0.29, 0.717) is 18.9 Å². The summed E-state index contributed by atoms with van der Waals surface area (Å²) < 4.78 is 55.0. The van der Waals surface area contributed by atoms with Crippen LogP contribution in [-0.2, 0) is 24.3 Å². The summed E-state index contributed by atoms with van der Waals surface area (Å²) in [7, 11) is -3.29. The van der Waals surface area contributed by atoms with Crippen LogP contribution in [0.15, 0.2) is 18.2 Å². The summed E-state index contributed by atoms with van der Waals surface area (Å²) in [6, 6.07) is 2.53. The lowest BCUT2D eigenvalue weighted by atomic mass is 9.98. The molecule has 0 bridgehead atoms. The summed E-state index contributed by atoms with van der Waals surface area (Å²) >= 11 is 0. The molecule has 1 aliphatic rings. The number of piperidine rings is 1. The van der Waals surface area contributed by atoms with E-state index >= 15 is 0 Å². The molecule has 1 heterocycles. The van der Waals surface area contributed by atoms with Crippen LogP contribution in [0.4, 0.5) is 14.5 Å². The van der Waals surface area contributed by atoms with E-state index in [2.05, 4.69) is 5.32 Å². The van der Waals surface area contributed by atoms with E-state index < -0.39 is 46.1 Å². The van der Waals surface area contributed by atoms with Gasteiger partial charge < -0.3 is 10.1 Å². The standard InChI is InChI=1S/C15H18F2N2O5S/c1-25(22,23)19-4-2-10(3-5-19)15(21)24-9-14(20)18-13-7-11(16)6-12(17)8-13/h6-8,10H,2-5,9H2,1H3,(H,18,20). The van der Waals surface area contributed by atoms with Gasteiger partial charge in [-0.3, -0.25) is 9.59 Å². The highest BCUT2D eigenvalue weighted by atomic mass is 32.2. The number of anilines is 1. The van der Waals surface area contributed by atoms with Crippen LogP contribution in [0.25, 0.3) is 0 Å². The predicted molar refractivity (Wildman–Crippen MR) is 85.1 cm³/mol. The molecule has 1 fully saturated rings. The molecule has 1 aromatic rings. The van der Waals surface area contributed by atoms with Crippen LogP contribution >= 0.6 is 0 Å². The fourth-order valence-corrected chi connectivity index (χ4v) is 3.37. The number of rotatable bonds is 5. The maximum Gasteiger partial charge on any atom is 0.309 e. The first kappa shape index (κ1) is 19.3. The predicted octanol–water partition coefficient (Wildman–Crippen LogP) is 1.12. The monoisotopic (exact) mass is 376 g/mol. The summed E-state index contributed by atoms with van der Waals surface area (Å²) in [5.41, 5.74) is -0.0833. The van der Waals surface area contributed by atoms with Crippen LogP contribution in [0.2, 0.25) is 0 Å². The molecule has 0 saturated carbocycles. The van der Waals surface area contributed by atoms with Crippen LogP contribution in [0, 0.1) is 17.6 Å². The Bertz CT molecular complexity index is 741. The van der Waals surface area contributed by atoms with Crippen molar-refractivity contribution in [3.05, 3.63) is 29.8 Å². The molecule has 25 heavy (non-hydrogen) atoms. The van der Waals surface area contributed by atoms with E-state index in [9.17, 15) is 26.8 Å². The average molecular weight is 376 g/mol. The Morgan fingerprint density at radius 2 is 1.76 bits per heavy atom. The van der Waals surface area contributed by atoms with Gasteiger partial charge in [-0.1, -0.05) is 0 Å². The number of halogens is 2. The van der Waals surface area contributed by atoms with Crippen LogP contribution in [0.5, 0.6) is 0 Å². The van der Waals surface area contributed by atoms with Crippen LogP contribution in [0.1, 0.15) is 12.8 Å². The van der Waals surface area contributed by atoms with Gasteiger partial charge in [-0.05, 0) is 25.0 Å². The van der Waals surface area contributed by atoms with Gasteiger partial charge in [0.1, 0.15) is 11.6 Å². The summed E-state index contributed by atoms with van der Waals surface area (Å²) in [4.78, 5) is 23.6. The lowest BCUT2D eigenvalue weighted by Gasteiger charge is -2.28. The maximum atomic E-state index is 13.0. The molecular weight excluding hydrogens is 358 g/mol. The second-order valence-electron chi connectivity index (χ2n) is 5.75. The summed E-state index contributed by atoms with van der Waals surface area (Å²) in [5, 5.41) is 2.23. The number of carbonyl (C=O) groups is 2. The van der Waals surface area contributed by atoms with Crippen molar-refractivity contribution in [1.29, 1.82) is 0 Å². The number of ether oxygens (including phenoxy) is 1. The summed E-state index contributed by atoms with van der Waals surface area (Å²) in [5.74, 6) is -3.51. The van der Waals surface area contributed by atoms with Gasteiger partial charge in [0.25, 0.3) is 5.91 Å². The Kier molecular flexibility index (Phi) is 6.07. The topological polar surface area (TPSA) is 92.8 Å². The SMILES string of the molecule is CS(=O)(=O)N1CCC(C(=O)OCC(=O)Nc2cc(F)cc(F)c2)CC1. The molecule has 1 amide bonds. The van der Waals surface area contributed by atoms with E-state index in [1.807, 2.05) is 0 Å². The van der Waals surface area contributed by atoms with Crippen molar-refractivity contribution in [2.45, 2.75) is 12.8 Å². The Hall–Kier alpha value is -2.07. The molecule has 10 heteroatoms. The van der Waals surface area contributed by atoms with Gasteiger partial charge in [0.2, 0.25) is 10.0 Å². The summed E-state index contributed by atoms with van der Waals surface area (Å²) in [6.07, 6.45) is 1.72. The highest BCUT2D eigenvalue weighted by Crippen LogP contribution is 2.20. The number of nitrogens with zero attached hydrogens (tertiary/aromatic N) is 1. The molecule has 0 aromatic heterocycles. The average Bonchev–Trinajstić information content (AvgIpc) is 2.51. The van der Waals surface area contributed by atoms with E-state index in [0.717, 1.165) is 18.4 Å². The van der Waals surface area contributed by atoms with Crippen molar-refractivity contribution >= 4 is 27.6 Å². The zero-order valence-corrected chi connectivity index (χ0v) is 14.3. The first-order valence-electron chi connectivity index (χ1n) is 7.53. The molecular formula is C15H18F2N2O5S. The number of nitrogens with one attached hydrogen (secondary N) is 1. The van der Waals surface area contributed by atoms with Crippen molar-refractivity contribution in [2.75, 3.05) is 31.3 Å². The molecule has 1 aromatic carbocycles. The molecule has 138 valence electrons. The molecule has 0 unspecified atom stereocenters. The molecule has 1 aliphatic heterocycles. The van der Waals surface area contributed by atoms with Gasteiger partial charge in [0, 0.05) is 24.8 Å². The zero-order chi connectivity index (χ0) is 18.6. The molecule has 7 nitrogen and oxygen atoms in total. The van der Waals surface area contributed by atoms with E-state index in [-0.39, 0.29) is 18.8 Å². The third kappa shape index (κ3) is 5.75. The number of sulfonamides is 1. The lowest BCUT2D eigenvalue weighted by molar-refractivity contribution is -0.152.